The summed E-state index contributed by atoms with van der Waals surface area (Å²) in [7, 11) is -0.574. The summed E-state index contributed by atoms with van der Waals surface area (Å²) in [6.45, 7) is 12.4. The summed E-state index contributed by atoms with van der Waals surface area (Å²) in [6.07, 6.45) is 3.44. The lowest BCUT2D eigenvalue weighted by Crippen LogP contribution is -2.41. The fourth-order valence-electron chi connectivity index (χ4n) is 2.56. The Balaban J connectivity index is 1.99. The molecule has 0 saturated carbocycles. The van der Waals surface area contributed by atoms with Gasteiger partial charge in [0.25, 0.3) is 0 Å². The third-order valence-electron chi connectivity index (χ3n) is 4.84. The molecule has 0 aliphatic carbocycles. The van der Waals surface area contributed by atoms with Gasteiger partial charge in [-0.05, 0) is 53.7 Å². The van der Waals surface area contributed by atoms with Gasteiger partial charge in [0.05, 0.1) is 29.2 Å². The molecule has 2 aromatic rings. The predicted octanol–water partition coefficient (Wildman–Crippen LogP) is 2.62. The van der Waals surface area contributed by atoms with Gasteiger partial charge in [-0.25, -0.2) is 4.98 Å². The van der Waals surface area contributed by atoms with Gasteiger partial charge in [-0.3, -0.25) is 4.98 Å². The molecule has 8 heteroatoms. The Bertz CT molecular complexity index is 782. The molecule has 1 aliphatic rings. The van der Waals surface area contributed by atoms with E-state index in [9.17, 15) is 0 Å². The number of rotatable bonds is 5. The highest BCUT2D eigenvalue weighted by atomic mass is 16.7. The van der Waals surface area contributed by atoms with E-state index in [1.54, 1.807) is 12.4 Å². The lowest BCUT2D eigenvalue weighted by atomic mass is 9.80. The second kappa shape index (κ2) is 6.85. The lowest BCUT2D eigenvalue weighted by Gasteiger charge is -2.32. The van der Waals surface area contributed by atoms with E-state index in [-0.39, 0.29) is 0 Å². The summed E-state index contributed by atoms with van der Waals surface area (Å²) >= 11 is 0. The monoisotopic (exact) mass is 356 g/mol. The van der Waals surface area contributed by atoms with E-state index in [0.29, 0.717) is 18.4 Å². The van der Waals surface area contributed by atoms with Crippen LogP contribution in [0.15, 0.2) is 24.5 Å². The summed E-state index contributed by atoms with van der Waals surface area (Å²) in [5.74, 6) is 0.582. The molecule has 0 radical (unpaired) electrons. The second-order valence-electron chi connectivity index (χ2n) is 7.24. The van der Waals surface area contributed by atoms with Gasteiger partial charge in [-0.1, -0.05) is 0 Å². The molecule has 0 atom stereocenters. The first kappa shape index (κ1) is 18.6. The minimum absolute atomic E-state index is 0.303. The normalized spacial score (nSPS) is 18.0. The van der Waals surface area contributed by atoms with E-state index < -0.39 is 18.3 Å². The first-order valence-corrected chi connectivity index (χ1v) is 8.77. The highest BCUT2D eigenvalue weighted by Crippen LogP contribution is 2.37. The molecule has 0 amide bonds. The van der Waals surface area contributed by atoms with Gasteiger partial charge in [0.15, 0.2) is 0 Å². The number of nitrogens with one attached hydrogen (secondary N) is 1. The lowest BCUT2D eigenvalue weighted by molar-refractivity contribution is 0.00578. The Morgan fingerprint density at radius 1 is 1.15 bits per heavy atom. The smallest absolute Gasteiger partial charge is 0.464 e. The van der Waals surface area contributed by atoms with Gasteiger partial charge in [0.2, 0.25) is 0 Å². The van der Waals surface area contributed by atoms with Crippen LogP contribution in [0.25, 0.3) is 0 Å². The molecule has 0 bridgehead atoms. The number of hydrogen-bond donors (Lipinski definition) is 1. The quantitative estimate of drug-likeness (QED) is 0.825. The third-order valence-corrected chi connectivity index (χ3v) is 4.84. The minimum atomic E-state index is -0.574. The molecule has 3 rings (SSSR count). The van der Waals surface area contributed by atoms with Gasteiger partial charge in [-0.2, -0.15) is 4.98 Å². The number of aryl methyl sites for hydroxylation is 1. The summed E-state index contributed by atoms with van der Waals surface area (Å²) in [4.78, 5) is 13.1. The highest BCUT2D eigenvalue weighted by molar-refractivity contribution is 6.63. The molecule has 7 nitrogen and oxygen atoms in total. The van der Waals surface area contributed by atoms with Crippen LogP contribution in [0.4, 0.5) is 11.5 Å². The molecule has 3 heterocycles. The standard InChI is InChI=1S/C18H25BN4O3/c1-7-24-16-21-11-13(19-25-17(3,4)18(5,6)26-19)15(23-16)22-14-9-8-10-20-12(14)2/h8-11H,7H2,1-6H3,(H,21,22,23). The number of aromatic nitrogens is 3. The molecule has 1 N–H and O–H groups in total. The maximum atomic E-state index is 6.16. The minimum Gasteiger partial charge on any atom is -0.464 e. The molecular weight excluding hydrogens is 331 g/mol. The first-order chi connectivity index (χ1) is 12.2. The van der Waals surface area contributed by atoms with Crippen molar-refractivity contribution in [3.63, 3.8) is 0 Å². The molecule has 0 spiro atoms. The van der Waals surface area contributed by atoms with Crippen LogP contribution in [0.1, 0.15) is 40.3 Å². The Kier molecular flexibility index (Phi) is 4.90. The zero-order valence-corrected chi connectivity index (χ0v) is 16.2. The van der Waals surface area contributed by atoms with Crippen molar-refractivity contribution >= 4 is 24.1 Å². The molecule has 1 aliphatic heterocycles. The molecule has 0 aromatic carbocycles. The number of ether oxygens (including phenoxy) is 1. The fourth-order valence-corrected chi connectivity index (χ4v) is 2.56. The van der Waals surface area contributed by atoms with Crippen molar-refractivity contribution in [2.24, 2.45) is 0 Å². The van der Waals surface area contributed by atoms with Crippen LogP contribution in [0, 0.1) is 6.92 Å². The van der Waals surface area contributed by atoms with Crippen molar-refractivity contribution in [3.05, 3.63) is 30.2 Å². The zero-order chi connectivity index (χ0) is 18.9. The molecule has 2 aromatic heterocycles. The Morgan fingerprint density at radius 2 is 1.85 bits per heavy atom. The summed E-state index contributed by atoms with van der Waals surface area (Å²) in [6, 6.07) is 4.12. The summed E-state index contributed by atoms with van der Waals surface area (Å²) in [5, 5.41) is 3.32. The first-order valence-electron chi connectivity index (χ1n) is 8.77. The van der Waals surface area contributed by atoms with Crippen molar-refractivity contribution in [1.29, 1.82) is 0 Å². The van der Waals surface area contributed by atoms with Crippen molar-refractivity contribution in [2.45, 2.75) is 52.7 Å². The zero-order valence-electron chi connectivity index (χ0n) is 16.2. The van der Waals surface area contributed by atoms with Crippen molar-refractivity contribution in [1.82, 2.24) is 15.0 Å². The third kappa shape index (κ3) is 3.52. The van der Waals surface area contributed by atoms with E-state index in [2.05, 4.69) is 20.3 Å². The largest absolute Gasteiger partial charge is 0.500 e. The van der Waals surface area contributed by atoms with Gasteiger partial charge in [0, 0.05) is 17.9 Å². The molecule has 0 unspecified atom stereocenters. The van der Waals surface area contributed by atoms with E-state index in [4.69, 9.17) is 14.0 Å². The second-order valence-corrected chi connectivity index (χ2v) is 7.24. The molecule has 1 saturated heterocycles. The average Bonchev–Trinajstić information content (AvgIpc) is 2.78. The Morgan fingerprint density at radius 3 is 2.46 bits per heavy atom. The maximum absolute atomic E-state index is 6.16. The SMILES string of the molecule is CCOc1ncc(B2OC(C)(C)C(C)(C)O2)c(Nc2cccnc2C)n1. The van der Waals surface area contributed by atoms with E-state index in [1.165, 1.54) is 0 Å². The Hall–Kier alpha value is -2.19. The highest BCUT2D eigenvalue weighted by Gasteiger charge is 2.52. The maximum Gasteiger partial charge on any atom is 0.500 e. The average molecular weight is 356 g/mol. The number of nitrogens with zero attached hydrogens (tertiary/aromatic N) is 3. The van der Waals surface area contributed by atoms with Crippen LogP contribution >= 0.6 is 0 Å². The fraction of sp³-hybridized carbons (Fsp3) is 0.500. The topological polar surface area (TPSA) is 78.4 Å². The van der Waals surface area contributed by atoms with E-state index in [0.717, 1.165) is 16.8 Å². The van der Waals surface area contributed by atoms with E-state index in [1.807, 2.05) is 53.7 Å². The molecule has 138 valence electrons. The molecule has 1 fully saturated rings. The number of anilines is 2. The van der Waals surface area contributed by atoms with Gasteiger partial charge >= 0.3 is 13.1 Å². The predicted molar refractivity (Wildman–Crippen MR) is 101 cm³/mol. The van der Waals surface area contributed by atoms with Crippen molar-refractivity contribution in [3.8, 4) is 6.01 Å². The van der Waals surface area contributed by atoms with Crippen LogP contribution in [0.5, 0.6) is 6.01 Å². The van der Waals surface area contributed by atoms with Crippen LogP contribution < -0.4 is 15.5 Å². The van der Waals surface area contributed by atoms with Crippen molar-refractivity contribution in [2.75, 3.05) is 11.9 Å². The number of hydrogen-bond acceptors (Lipinski definition) is 7. The van der Waals surface area contributed by atoms with Crippen molar-refractivity contribution < 1.29 is 14.0 Å². The van der Waals surface area contributed by atoms with Crippen LogP contribution in [-0.2, 0) is 9.31 Å². The molecular formula is C18H25BN4O3. The summed E-state index contributed by atoms with van der Waals surface area (Å²) < 4.78 is 17.8. The van der Waals surface area contributed by atoms with Crippen LogP contribution in [0.3, 0.4) is 0 Å². The Labute approximate surface area is 154 Å². The summed E-state index contributed by atoms with van der Waals surface area (Å²) in [5.41, 5.74) is 1.54. The van der Waals surface area contributed by atoms with Gasteiger partial charge in [0.1, 0.15) is 5.82 Å². The van der Waals surface area contributed by atoms with E-state index >= 15 is 0 Å². The number of pyridine rings is 1. The van der Waals surface area contributed by atoms with Crippen LogP contribution in [0.2, 0.25) is 0 Å². The molecule has 26 heavy (non-hydrogen) atoms. The van der Waals surface area contributed by atoms with Gasteiger partial charge < -0.3 is 19.4 Å². The van der Waals surface area contributed by atoms with Gasteiger partial charge in [-0.15, -0.1) is 0 Å². The van der Waals surface area contributed by atoms with Crippen LogP contribution in [-0.4, -0.2) is 39.9 Å².